The Hall–Kier alpha value is -1.82. The van der Waals surface area contributed by atoms with Gasteiger partial charge in [0.25, 0.3) is 0 Å². The molecule has 2 aliphatic rings. The number of nitrogens with zero attached hydrogens (tertiary/aromatic N) is 3. The third kappa shape index (κ3) is 5.08. The van der Waals surface area contributed by atoms with Crippen LogP contribution in [0.2, 0.25) is 0 Å². The first kappa shape index (κ1) is 18.0. The first-order valence-corrected chi connectivity index (χ1v) is 9.57. The Balaban J connectivity index is 1.46. The largest absolute Gasteiger partial charge is 0.478 e. The molecule has 1 saturated heterocycles. The van der Waals surface area contributed by atoms with E-state index in [1.54, 1.807) is 6.20 Å². The van der Waals surface area contributed by atoms with Crippen LogP contribution >= 0.6 is 0 Å². The fourth-order valence-electron chi connectivity index (χ4n) is 3.87. The molecule has 1 aliphatic heterocycles. The van der Waals surface area contributed by atoms with Gasteiger partial charge in [0.05, 0.1) is 6.61 Å². The maximum absolute atomic E-state index is 5.46. The highest BCUT2D eigenvalue weighted by atomic mass is 16.5. The molecule has 138 valence electrons. The molecule has 0 spiro atoms. The molecule has 0 aromatic carbocycles. The predicted octanol–water partition coefficient (Wildman–Crippen LogP) is 2.16. The van der Waals surface area contributed by atoms with E-state index in [-0.39, 0.29) is 0 Å². The summed E-state index contributed by atoms with van der Waals surface area (Å²) in [5.74, 6) is 1.54. The van der Waals surface area contributed by atoms with Gasteiger partial charge in [-0.3, -0.25) is 9.89 Å². The molecular weight excluding hydrogens is 314 g/mol. The third-order valence-electron chi connectivity index (χ3n) is 5.18. The molecule has 1 aliphatic carbocycles. The van der Waals surface area contributed by atoms with Crippen LogP contribution in [-0.4, -0.2) is 54.7 Å². The van der Waals surface area contributed by atoms with Crippen LogP contribution in [0.25, 0.3) is 0 Å². The fraction of sp³-hybridized carbons (Fsp3) is 0.684. The average molecular weight is 345 g/mol. The van der Waals surface area contributed by atoms with Gasteiger partial charge < -0.3 is 15.4 Å². The molecule has 1 aromatic rings. The van der Waals surface area contributed by atoms with E-state index in [9.17, 15) is 0 Å². The zero-order chi connectivity index (χ0) is 17.5. The minimum atomic E-state index is 0.489. The van der Waals surface area contributed by atoms with Crippen molar-refractivity contribution >= 4 is 5.96 Å². The summed E-state index contributed by atoms with van der Waals surface area (Å²) in [5, 5.41) is 6.98. The van der Waals surface area contributed by atoms with Gasteiger partial charge >= 0.3 is 0 Å². The summed E-state index contributed by atoms with van der Waals surface area (Å²) in [6.07, 6.45) is 8.54. The molecule has 1 saturated carbocycles. The van der Waals surface area contributed by atoms with E-state index in [0.717, 1.165) is 24.1 Å². The lowest BCUT2D eigenvalue weighted by Gasteiger charge is -2.24. The van der Waals surface area contributed by atoms with E-state index in [4.69, 9.17) is 4.74 Å². The van der Waals surface area contributed by atoms with Gasteiger partial charge in [0.15, 0.2) is 5.96 Å². The second-order valence-electron chi connectivity index (χ2n) is 6.92. The molecule has 0 bridgehead atoms. The molecule has 2 fully saturated rings. The van der Waals surface area contributed by atoms with E-state index in [1.807, 2.05) is 26.1 Å². The SMILES string of the molecule is CCOc1cc(CNC(=NC)NC2CCN(C3CCCC3)C2)ccn1. The van der Waals surface area contributed by atoms with Crippen LogP contribution < -0.4 is 15.4 Å². The summed E-state index contributed by atoms with van der Waals surface area (Å²) in [4.78, 5) is 11.2. The van der Waals surface area contributed by atoms with Crippen LogP contribution in [0.15, 0.2) is 23.3 Å². The van der Waals surface area contributed by atoms with Crippen LogP contribution in [0, 0.1) is 0 Å². The average Bonchev–Trinajstić information content (AvgIpc) is 3.30. The lowest BCUT2D eigenvalue weighted by molar-refractivity contribution is 0.242. The van der Waals surface area contributed by atoms with Gasteiger partial charge in [0.2, 0.25) is 5.88 Å². The minimum absolute atomic E-state index is 0.489. The molecule has 0 radical (unpaired) electrons. The summed E-state index contributed by atoms with van der Waals surface area (Å²) in [6, 6.07) is 5.28. The van der Waals surface area contributed by atoms with E-state index in [2.05, 4.69) is 25.5 Å². The number of hydrogen-bond donors (Lipinski definition) is 2. The van der Waals surface area contributed by atoms with E-state index < -0.39 is 0 Å². The molecule has 1 aromatic heterocycles. The third-order valence-corrected chi connectivity index (χ3v) is 5.18. The summed E-state index contributed by atoms with van der Waals surface area (Å²) >= 11 is 0. The smallest absolute Gasteiger partial charge is 0.213 e. The van der Waals surface area contributed by atoms with E-state index in [1.165, 1.54) is 38.6 Å². The minimum Gasteiger partial charge on any atom is -0.478 e. The van der Waals surface area contributed by atoms with Crippen LogP contribution in [0.5, 0.6) is 5.88 Å². The maximum Gasteiger partial charge on any atom is 0.213 e. The van der Waals surface area contributed by atoms with Crippen molar-refractivity contribution in [2.24, 2.45) is 4.99 Å². The number of likely N-dealkylation sites (tertiary alicyclic amines) is 1. The van der Waals surface area contributed by atoms with Crippen molar-refractivity contribution in [3.05, 3.63) is 23.9 Å². The van der Waals surface area contributed by atoms with Crippen molar-refractivity contribution in [1.82, 2.24) is 20.5 Å². The summed E-state index contributed by atoms with van der Waals surface area (Å²) in [5.41, 5.74) is 1.14. The second kappa shape index (κ2) is 9.04. The quantitative estimate of drug-likeness (QED) is 0.611. The Kier molecular flexibility index (Phi) is 6.50. The first-order valence-electron chi connectivity index (χ1n) is 9.57. The molecule has 6 heteroatoms. The molecule has 2 N–H and O–H groups in total. The van der Waals surface area contributed by atoms with Crippen LogP contribution in [-0.2, 0) is 6.54 Å². The topological polar surface area (TPSA) is 61.8 Å². The van der Waals surface area contributed by atoms with Gasteiger partial charge in [-0.2, -0.15) is 0 Å². The van der Waals surface area contributed by atoms with Crippen molar-refractivity contribution in [1.29, 1.82) is 0 Å². The Morgan fingerprint density at radius 2 is 2.20 bits per heavy atom. The summed E-state index contributed by atoms with van der Waals surface area (Å²) in [6.45, 7) is 5.65. The maximum atomic E-state index is 5.46. The summed E-state index contributed by atoms with van der Waals surface area (Å²) < 4.78 is 5.46. The lowest BCUT2D eigenvalue weighted by atomic mass is 10.2. The Bertz CT molecular complexity index is 571. The van der Waals surface area contributed by atoms with Crippen molar-refractivity contribution in [2.45, 2.75) is 57.7 Å². The monoisotopic (exact) mass is 345 g/mol. The number of nitrogens with one attached hydrogen (secondary N) is 2. The predicted molar refractivity (Wildman–Crippen MR) is 101 cm³/mol. The van der Waals surface area contributed by atoms with E-state index >= 15 is 0 Å². The number of rotatable bonds is 6. The second-order valence-corrected chi connectivity index (χ2v) is 6.92. The Labute approximate surface area is 151 Å². The lowest BCUT2D eigenvalue weighted by Crippen LogP contribution is -2.45. The molecule has 1 atom stereocenters. The van der Waals surface area contributed by atoms with Gasteiger partial charge in [-0.25, -0.2) is 4.98 Å². The van der Waals surface area contributed by atoms with Crippen molar-refractivity contribution in [2.75, 3.05) is 26.7 Å². The van der Waals surface area contributed by atoms with Crippen molar-refractivity contribution < 1.29 is 4.74 Å². The first-order chi connectivity index (χ1) is 12.3. The highest BCUT2D eigenvalue weighted by molar-refractivity contribution is 5.80. The zero-order valence-corrected chi connectivity index (χ0v) is 15.5. The van der Waals surface area contributed by atoms with Crippen LogP contribution in [0.3, 0.4) is 0 Å². The number of hydrogen-bond acceptors (Lipinski definition) is 4. The van der Waals surface area contributed by atoms with Crippen molar-refractivity contribution in [3.8, 4) is 5.88 Å². The van der Waals surface area contributed by atoms with Gasteiger partial charge in [-0.05, 0) is 37.8 Å². The normalized spacial score (nSPS) is 22.3. The molecule has 25 heavy (non-hydrogen) atoms. The van der Waals surface area contributed by atoms with E-state index in [0.29, 0.717) is 25.1 Å². The zero-order valence-electron chi connectivity index (χ0n) is 15.5. The number of aromatic nitrogens is 1. The Morgan fingerprint density at radius 1 is 1.36 bits per heavy atom. The molecule has 3 rings (SSSR count). The van der Waals surface area contributed by atoms with Crippen molar-refractivity contribution in [3.63, 3.8) is 0 Å². The van der Waals surface area contributed by atoms with Gasteiger partial charge in [0.1, 0.15) is 0 Å². The molecular formula is C19H31N5O. The highest BCUT2D eigenvalue weighted by Gasteiger charge is 2.30. The van der Waals surface area contributed by atoms with Gasteiger partial charge in [-0.15, -0.1) is 0 Å². The highest BCUT2D eigenvalue weighted by Crippen LogP contribution is 2.26. The Morgan fingerprint density at radius 3 is 2.96 bits per heavy atom. The number of aliphatic imine (C=N–C) groups is 1. The number of guanidine groups is 1. The number of pyridine rings is 1. The molecule has 6 nitrogen and oxygen atoms in total. The summed E-state index contributed by atoms with van der Waals surface area (Å²) in [7, 11) is 1.83. The van der Waals surface area contributed by atoms with Crippen LogP contribution in [0.4, 0.5) is 0 Å². The number of ether oxygens (including phenoxy) is 1. The van der Waals surface area contributed by atoms with Gasteiger partial charge in [0, 0.05) is 51.0 Å². The fourth-order valence-corrected chi connectivity index (χ4v) is 3.87. The van der Waals surface area contributed by atoms with Crippen LogP contribution in [0.1, 0.15) is 44.6 Å². The molecule has 2 heterocycles. The standard InChI is InChI=1S/C19H31N5O/c1-3-25-18-12-15(8-10-21-18)13-22-19(20-2)23-16-9-11-24(14-16)17-6-4-5-7-17/h8,10,12,16-17H,3-7,9,11,13-14H2,1-2H3,(H2,20,22,23). The molecule has 1 unspecified atom stereocenters. The van der Waals surface area contributed by atoms with Gasteiger partial charge in [-0.1, -0.05) is 12.8 Å². The molecule has 0 amide bonds.